The van der Waals surface area contributed by atoms with E-state index in [2.05, 4.69) is 17.2 Å². The molecule has 0 aromatic rings. The van der Waals surface area contributed by atoms with E-state index in [0.29, 0.717) is 24.7 Å². The van der Waals surface area contributed by atoms with Crippen LogP contribution in [-0.2, 0) is 19.1 Å². The lowest BCUT2D eigenvalue weighted by atomic mass is 9.85. The minimum absolute atomic E-state index is 0.0438. The topological polar surface area (TPSA) is 108 Å². The number of amides is 3. The van der Waals surface area contributed by atoms with Gasteiger partial charge < -0.3 is 25.1 Å². The van der Waals surface area contributed by atoms with Crippen LogP contribution in [0.5, 0.6) is 0 Å². The van der Waals surface area contributed by atoms with E-state index in [1.165, 1.54) is 36.6 Å². The SMILES string of the molecule is C=C/C(=C\C(=C/C)C(F)(F)F)N[C@H](C(=O)N1C[C@H](OC(=O)N2CC3=C(C2)C(F)=CCC3)C[C@H]1C(=O)NC(C)(C)C=O)C(C)(C)C. The fourth-order valence-corrected chi connectivity index (χ4v) is 5.44. The Balaban J connectivity index is 1.88. The first kappa shape index (κ1) is 35.6. The number of alkyl halides is 3. The summed E-state index contributed by atoms with van der Waals surface area (Å²) in [5.74, 6) is -1.65. The fourth-order valence-electron chi connectivity index (χ4n) is 5.44. The van der Waals surface area contributed by atoms with Gasteiger partial charge in [0, 0.05) is 24.2 Å². The Morgan fingerprint density at radius 2 is 1.80 bits per heavy atom. The van der Waals surface area contributed by atoms with Crippen LogP contribution in [0, 0.1) is 5.41 Å². The highest BCUT2D eigenvalue weighted by molar-refractivity contribution is 5.92. The van der Waals surface area contributed by atoms with Gasteiger partial charge in [-0.25, -0.2) is 9.18 Å². The number of carbonyl (C=O) groups is 4. The highest BCUT2D eigenvalue weighted by Crippen LogP contribution is 2.34. The van der Waals surface area contributed by atoms with Gasteiger partial charge in [-0.05, 0) is 62.8 Å². The molecule has 0 saturated carbocycles. The smallest absolute Gasteiger partial charge is 0.416 e. The average molecular weight is 639 g/mol. The molecule has 2 aliphatic heterocycles. The zero-order chi connectivity index (χ0) is 33.9. The van der Waals surface area contributed by atoms with Crippen LogP contribution in [0.4, 0.5) is 22.4 Å². The molecule has 0 aromatic heterocycles. The highest BCUT2D eigenvalue weighted by atomic mass is 19.4. The van der Waals surface area contributed by atoms with Gasteiger partial charge in [-0.2, -0.15) is 13.2 Å². The predicted octanol–water partition coefficient (Wildman–Crippen LogP) is 5.03. The molecule has 3 aliphatic rings. The Hall–Kier alpha value is -3.90. The van der Waals surface area contributed by atoms with E-state index < -0.39 is 58.8 Å². The summed E-state index contributed by atoms with van der Waals surface area (Å²) in [6.45, 7) is 13.0. The van der Waals surface area contributed by atoms with Gasteiger partial charge in [0.2, 0.25) is 11.8 Å². The van der Waals surface area contributed by atoms with Gasteiger partial charge in [-0.1, -0.05) is 33.4 Å². The summed E-state index contributed by atoms with van der Waals surface area (Å²) in [6.07, 6.45) is -0.295. The first-order chi connectivity index (χ1) is 20.8. The van der Waals surface area contributed by atoms with Crippen LogP contribution >= 0.6 is 0 Å². The maximum Gasteiger partial charge on any atom is 0.416 e. The molecule has 0 bridgehead atoms. The molecular weight excluding hydrogens is 596 g/mol. The Labute approximate surface area is 261 Å². The van der Waals surface area contributed by atoms with E-state index in [9.17, 15) is 36.7 Å². The monoisotopic (exact) mass is 638 g/mol. The van der Waals surface area contributed by atoms with E-state index in [1.807, 2.05) is 0 Å². The highest BCUT2D eigenvalue weighted by Gasteiger charge is 2.47. The van der Waals surface area contributed by atoms with Crippen LogP contribution in [0.25, 0.3) is 0 Å². The van der Waals surface area contributed by atoms with Crippen LogP contribution < -0.4 is 10.6 Å². The van der Waals surface area contributed by atoms with Crippen LogP contribution in [0.2, 0.25) is 0 Å². The lowest BCUT2D eigenvalue weighted by Crippen LogP contribution is -2.58. The number of nitrogens with zero attached hydrogens (tertiary/aromatic N) is 2. The second kappa shape index (κ2) is 13.6. The lowest BCUT2D eigenvalue weighted by molar-refractivity contribution is -0.142. The number of hydrogen-bond acceptors (Lipinski definition) is 6. The molecule has 248 valence electrons. The summed E-state index contributed by atoms with van der Waals surface area (Å²) in [7, 11) is 0. The molecule has 2 heterocycles. The molecular formula is C32H42F4N4O5. The molecule has 1 fully saturated rings. The number of halogens is 4. The summed E-state index contributed by atoms with van der Waals surface area (Å²) in [4.78, 5) is 54.8. The minimum atomic E-state index is -4.64. The molecule has 45 heavy (non-hydrogen) atoms. The molecule has 0 spiro atoms. The van der Waals surface area contributed by atoms with Gasteiger partial charge in [0.25, 0.3) is 0 Å². The fraction of sp³-hybridized carbons (Fsp3) is 0.562. The quantitative estimate of drug-likeness (QED) is 0.209. The van der Waals surface area contributed by atoms with Gasteiger partial charge in [0.15, 0.2) is 0 Å². The summed E-state index contributed by atoms with van der Waals surface area (Å²) < 4.78 is 60.4. The van der Waals surface area contributed by atoms with Crippen LogP contribution in [0.1, 0.15) is 60.8 Å². The third-order valence-corrected chi connectivity index (χ3v) is 7.92. The van der Waals surface area contributed by atoms with Crippen LogP contribution in [-0.4, -0.2) is 83.5 Å². The van der Waals surface area contributed by atoms with Crippen molar-refractivity contribution in [1.29, 1.82) is 0 Å². The number of carbonyl (C=O) groups excluding carboxylic acids is 4. The van der Waals surface area contributed by atoms with Crippen LogP contribution in [0.3, 0.4) is 0 Å². The lowest BCUT2D eigenvalue weighted by Gasteiger charge is -2.36. The van der Waals surface area contributed by atoms with Crippen molar-refractivity contribution in [3.63, 3.8) is 0 Å². The number of aldehydes is 1. The molecule has 1 aliphatic carbocycles. The molecule has 0 aromatic carbocycles. The minimum Gasteiger partial charge on any atom is -0.444 e. The van der Waals surface area contributed by atoms with Crippen molar-refractivity contribution in [2.45, 2.75) is 90.7 Å². The van der Waals surface area contributed by atoms with Gasteiger partial charge >= 0.3 is 12.3 Å². The number of hydrogen-bond donors (Lipinski definition) is 2. The van der Waals surface area contributed by atoms with Gasteiger partial charge in [0.1, 0.15) is 30.3 Å². The first-order valence-corrected chi connectivity index (χ1v) is 14.8. The Morgan fingerprint density at radius 1 is 1.13 bits per heavy atom. The van der Waals surface area contributed by atoms with E-state index in [-0.39, 0.29) is 37.6 Å². The van der Waals surface area contributed by atoms with Crippen LogP contribution in [0.15, 0.2) is 59.1 Å². The molecule has 0 radical (unpaired) electrons. The average Bonchev–Trinajstić information content (AvgIpc) is 3.57. The third-order valence-electron chi connectivity index (χ3n) is 7.92. The van der Waals surface area contributed by atoms with Crippen molar-refractivity contribution in [2.24, 2.45) is 5.41 Å². The Kier molecular flexibility index (Phi) is 10.8. The second-order valence-corrected chi connectivity index (χ2v) is 13.1. The molecule has 13 heteroatoms. The molecule has 3 atom stereocenters. The summed E-state index contributed by atoms with van der Waals surface area (Å²) in [5, 5.41) is 5.46. The number of rotatable bonds is 9. The van der Waals surface area contributed by atoms with Crippen molar-refractivity contribution < 1.29 is 41.5 Å². The zero-order valence-electron chi connectivity index (χ0n) is 26.5. The maximum atomic E-state index is 14.3. The van der Waals surface area contributed by atoms with Gasteiger partial charge in [0.05, 0.1) is 24.2 Å². The van der Waals surface area contributed by atoms with E-state index in [4.69, 9.17) is 4.74 Å². The van der Waals surface area contributed by atoms with Gasteiger partial charge in [-0.15, -0.1) is 0 Å². The number of ether oxygens (including phenoxy) is 1. The van der Waals surface area contributed by atoms with E-state index >= 15 is 0 Å². The molecule has 3 amide bonds. The molecule has 1 saturated heterocycles. The van der Waals surface area contributed by atoms with Gasteiger partial charge in [-0.3, -0.25) is 14.5 Å². The van der Waals surface area contributed by atoms with E-state index in [1.54, 1.807) is 20.8 Å². The largest absolute Gasteiger partial charge is 0.444 e. The maximum absolute atomic E-state index is 14.3. The summed E-state index contributed by atoms with van der Waals surface area (Å²) in [6, 6.07) is -2.30. The Bertz CT molecular complexity index is 1340. The van der Waals surface area contributed by atoms with Crippen molar-refractivity contribution in [3.05, 3.63) is 59.1 Å². The first-order valence-electron chi connectivity index (χ1n) is 14.8. The van der Waals surface area contributed by atoms with Crippen molar-refractivity contribution in [2.75, 3.05) is 19.6 Å². The molecule has 9 nitrogen and oxygen atoms in total. The third kappa shape index (κ3) is 8.64. The van der Waals surface area contributed by atoms with Crippen molar-refractivity contribution in [3.8, 4) is 0 Å². The molecule has 2 N–H and O–H groups in total. The number of allylic oxidation sites excluding steroid dienone is 5. The van der Waals surface area contributed by atoms with E-state index in [0.717, 1.165) is 23.8 Å². The predicted molar refractivity (Wildman–Crippen MR) is 160 cm³/mol. The van der Waals surface area contributed by atoms with Crippen molar-refractivity contribution in [1.82, 2.24) is 20.4 Å². The standard InChI is InChI=1S/C32H42F4N4O5/c1-8-20(32(34,35)36)13-21(9-2)37-26(30(3,4)5)28(43)40-16-22(14-25(40)27(42)38-31(6,7)18-41)45-29(44)39-15-19-11-10-12-24(33)23(19)17-39/h8-9,12-13,18,22,25-26,37H,2,10-11,14-17H2,1,3-7H3,(H,38,42)/b20-8+,21-13+/t22-,25+,26-/m1/s1. The summed E-state index contributed by atoms with van der Waals surface area (Å²) >= 11 is 0. The Morgan fingerprint density at radius 3 is 2.33 bits per heavy atom. The normalized spacial score (nSPS) is 22.0. The molecule has 3 rings (SSSR count). The molecule has 0 unspecified atom stereocenters. The summed E-state index contributed by atoms with van der Waals surface area (Å²) in [5.41, 5.74) is -1.86. The second-order valence-electron chi connectivity index (χ2n) is 13.1. The number of likely N-dealkylation sites (tertiary alicyclic amines) is 1. The number of nitrogens with one attached hydrogen (secondary N) is 2. The zero-order valence-corrected chi connectivity index (χ0v) is 26.5. The van der Waals surface area contributed by atoms with Crippen molar-refractivity contribution >= 4 is 24.2 Å².